The minimum Gasteiger partial charge on any atom is -0.497 e. The van der Waals surface area contributed by atoms with Gasteiger partial charge in [0.15, 0.2) is 11.5 Å². The molecule has 2 aromatic rings. The summed E-state index contributed by atoms with van der Waals surface area (Å²) in [6, 6.07) is 10.9. The summed E-state index contributed by atoms with van der Waals surface area (Å²) in [7, 11) is 2.62. The van der Waals surface area contributed by atoms with Crippen LogP contribution >= 0.6 is 0 Å². The van der Waals surface area contributed by atoms with Crippen molar-refractivity contribution in [1.82, 2.24) is 9.80 Å². The minimum atomic E-state index is -3.76. The Morgan fingerprint density at radius 2 is 1.49 bits per heavy atom. The average Bonchev–Trinajstić information content (AvgIpc) is 3.12. The number of hydrogen-bond donors (Lipinski definition) is 0. The van der Waals surface area contributed by atoms with Gasteiger partial charge in [-0.25, -0.2) is 0 Å². The SMILES string of the molecule is COc1ccc(C2=C(C)C(N3CCN(Cc4ccc(OC)c(OC)c4OC)CC3)=NS2(=O)=O)cc1. The van der Waals surface area contributed by atoms with Gasteiger partial charge in [0.2, 0.25) is 5.75 Å². The van der Waals surface area contributed by atoms with Crippen molar-refractivity contribution in [3.05, 3.63) is 53.1 Å². The highest BCUT2D eigenvalue weighted by atomic mass is 32.2. The second-order valence-electron chi connectivity index (χ2n) is 8.33. The predicted molar refractivity (Wildman–Crippen MR) is 135 cm³/mol. The molecular formula is C25H31N3O6S. The van der Waals surface area contributed by atoms with Crippen LogP contribution in [-0.4, -0.2) is 78.7 Å². The van der Waals surface area contributed by atoms with E-state index in [2.05, 4.69) is 9.30 Å². The monoisotopic (exact) mass is 501 g/mol. The van der Waals surface area contributed by atoms with Gasteiger partial charge in [0.1, 0.15) is 16.5 Å². The maximum Gasteiger partial charge on any atom is 0.285 e. The Kier molecular flexibility index (Phi) is 7.23. The van der Waals surface area contributed by atoms with E-state index in [1.165, 1.54) is 0 Å². The first-order valence-electron chi connectivity index (χ1n) is 11.3. The molecule has 0 N–H and O–H groups in total. The first kappa shape index (κ1) is 24.9. The Morgan fingerprint density at radius 1 is 0.829 bits per heavy atom. The summed E-state index contributed by atoms with van der Waals surface area (Å²) >= 11 is 0. The molecule has 0 saturated carbocycles. The summed E-state index contributed by atoms with van der Waals surface area (Å²) in [5.74, 6) is 3.05. The maximum absolute atomic E-state index is 12.9. The topological polar surface area (TPSA) is 89.9 Å². The van der Waals surface area contributed by atoms with Gasteiger partial charge in [-0.15, -0.1) is 4.40 Å². The molecule has 0 aromatic heterocycles. The molecule has 2 aliphatic heterocycles. The average molecular weight is 502 g/mol. The fraction of sp³-hybridized carbons (Fsp3) is 0.400. The third-order valence-electron chi connectivity index (χ3n) is 6.34. The van der Waals surface area contributed by atoms with Gasteiger partial charge < -0.3 is 23.8 Å². The van der Waals surface area contributed by atoms with Crippen LogP contribution in [0.3, 0.4) is 0 Å². The lowest BCUT2D eigenvalue weighted by molar-refractivity contribution is 0.174. The zero-order valence-corrected chi connectivity index (χ0v) is 21.5. The molecule has 4 rings (SSSR count). The van der Waals surface area contributed by atoms with Crippen molar-refractivity contribution in [3.63, 3.8) is 0 Å². The number of piperazine rings is 1. The molecular weight excluding hydrogens is 470 g/mol. The zero-order chi connectivity index (χ0) is 25.2. The van der Waals surface area contributed by atoms with Gasteiger partial charge in [-0.1, -0.05) is 6.07 Å². The second-order valence-corrected chi connectivity index (χ2v) is 9.87. The summed E-state index contributed by atoms with van der Waals surface area (Å²) in [6.45, 7) is 5.33. The van der Waals surface area contributed by atoms with Gasteiger partial charge in [0, 0.05) is 43.9 Å². The number of methoxy groups -OCH3 is 4. The highest BCUT2D eigenvalue weighted by Crippen LogP contribution is 2.40. The van der Waals surface area contributed by atoms with E-state index in [9.17, 15) is 8.42 Å². The molecule has 0 amide bonds. The summed E-state index contributed by atoms with van der Waals surface area (Å²) in [5, 5.41) is 0. The molecule has 35 heavy (non-hydrogen) atoms. The Labute approximate surface area is 206 Å². The first-order chi connectivity index (χ1) is 16.8. The third kappa shape index (κ3) is 4.81. The van der Waals surface area contributed by atoms with Gasteiger partial charge in [-0.05, 0) is 42.8 Å². The van der Waals surface area contributed by atoms with Gasteiger partial charge in [-0.2, -0.15) is 8.42 Å². The molecule has 1 saturated heterocycles. The van der Waals surface area contributed by atoms with Gasteiger partial charge in [0.05, 0.1) is 28.4 Å². The Morgan fingerprint density at radius 3 is 2.06 bits per heavy atom. The first-order valence-corrected chi connectivity index (χ1v) is 12.7. The zero-order valence-electron chi connectivity index (χ0n) is 20.7. The highest BCUT2D eigenvalue weighted by molar-refractivity contribution is 8.00. The van der Waals surface area contributed by atoms with E-state index in [1.807, 2.05) is 24.0 Å². The number of nitrogens with zero attached hydrogens (tertiary/aromatic N) is 3. The Hall–Kier alpha value is -3.24. The van der Waals surface area contributed by atoms with Crippen LogP contribution in [0.25, 0.3) is 4.91 Å². The quantitative estimate of drug-likeness (QED) is 0.572. The Bertz CT molecular complexity index is 1250. The van der Waals surface area contributed by atoms with Crippen molar-refractivity contribution >= 4 is 20.8 Å². The maximum atomic E-state index is 12.9. The van der Waals surface area contributed by atoms with Crippen molar-refractivity contribution in [2.75, 3.05) is 54.6 Å². The van der Waals surface area contributed by atoms with Crippen LogP contribution in [-0.2, 0) is 16.6 Å². The van der Waals surface area contributed by atoms with Crippen LogP contribution in [0.4, 0.5) is 0 Å². The lowest BCUT2D eigenvalue weighted by atomic mass is 10.1. The van der Waals surface area contributed by atoms with Crippen molar-refractivity contribution in [2.24, 2.45) is 4.40 Å². The van der Waals surface area contributed by atoms with Gasteiger partial charge in [0.25, 0.3) is 10.0 Å². The van der Waals surface area contributed by atoms with E-state index < -0.39 is 10.0 Å². The fourth-order valence-electron chi connectivity index (χ4n) is 4.57. The van der Waals surface area contributed by atoms with E-state index in [1.54, 1.807) is 52.7 Å². The third-order valence-corrected chi connectivity index (χ3v) is 7.82. The molecule has 0 atom stereocenters. The lowest BCUT2D eigenvalue weighted by Crippen LogP contribution is -2.48. The summed E-state index contributed by atoms with van der Waals surface area (Å²) in [4.78, 5) is 4.60. The molecule has 1 fully saturated rings. The molecule has 0 unspecified atom stereocenters. The van der Waals surface area contributed by atoms with E-state index >= 15 is 0 Å². The number of benzene rings is 2. The van der Waals surface area contributed by atoms with Crippen LogP contribution in [0, 0.1) is 0 Å². The smallest absolute Gasteiger partial charge is 0.285 e. The van der Waals surface area contributed by atoms with Crippen molar-refractivity contribution in [1.29, 1.82) is 0 Å². The van der Waals surface area contributed by atoms with Crippen molar-refractivity contribution in [3.8, 4) is 23.0 Å². The second kappa shape index (κ2) is 10.2. The summed E-state index contributed by atoms with van der Waals surface area (Å²) < 4.78 is 51.7. The number of ether oxygens (including phenoxy) is 4. The molecule has 0 radical (unpaired) electrons. The van der Waals surface area contributed by atoms with E-state index in [0.717, 1.165) is 18.7 Å². The van der Waals surface area contributed by atoms with Gasteiger partial charge in [-0.3, -0.25) is 4.90 Å². The largest absolute Gasteiger partial charge is 0.497 e. The summed E-state index contributed by atoms with van der Waals surface area (Å²) in [6.07, 6.45) is 0. The molecule has 2 aromatic carbocycles. The van der Waals surface area contributed by atoms with Crippen molar-refractivity contribution < 1.29 is 27.4 Å². The minimum absolute atomic E-state index is 0.257. The summed E-state index contributed by atoms with van der Waals surface area (Å²) in [5.41, 5.74) is 2.28. The lowest BCUT2D eigenvalue weighted by Gasteiger charge is -2.36. The number of amidine groups is 1. The van der Waals surface area contributed by atoms with Crippen LogP contribution < -0.4 is 18.9 Å². The van der Waals surface area contributed by atoms with Crippen LogP contribution in [0.1, 0.15) is 18.1 Å². The van der Waals surface area contributed by atoms with Gasteiger partial charge >= 0.3 is 0 Å². The Balaban J connectivity index is 1.49. The number of rotatable bonds is 7. The van der Waals surface area contributed by atoms with E-state index in [0.29, 0.717) is 59.6 Å². The van der Waals surface area contributed by atoms with Crippen LogP contribution in [0.15, 0.2) is 46.4 Å². The van der Waals surface area contributed by atoms with E-state index in [4.69, 9.17) is 18.9 Å². The fourth-order valence-corrected chi connectivity index (χ4v) is 6.06. The molecule has 2 aliphatic rings. The molecule has 0 spiro atoms. The molecule has 0 bridgehead atoms. The predicted octanol–water partition coefficient (Wildman–Crippen LogP) is 3.01. The molecule has 0 aliphatic carbocycles. The molecule has 9 nitrogen and oxygen atoms in total. The van der Waals surface area contributed by atoms with Crippen molar-refractivity contribution in [2.45, 2.75) is 13.5 Å². The van der Waals surface area contributed by atoms with Crippen LogP contribution in [0.2, 0.25) is 0 Å². The van der Waals surface area contributed by atoms with E-state index in [-0.39, 0.29) is 4.91 Å². The molecule has 2 heterocycles. The van der Waals surface area contributed by atoms with Crippen LogP contribution in [0.5, 0.6) is 23.0 Å². The standard InChI is InChI=1S/C25H31N3O6S/c1-17-24(18-6-9-20(31-2)10-7-18)35(29,30)26-25(17)28-14-12-27(13-15-28)16-19-8-11-21(32-3)23(34-5)22(19)33-4/h6-11H,12-16H2,1-5H3. The molecule has 10 heteroatoms. The molecule has 188 valence electrons. The highest BCUT2D eigenvalue weighted by Gasteiger charge is 2.34. The number of sulfonamides is 1. The normalized spacial score (nSPS) is 17.9. The number of hydrogen-bond acceptors (Lipinski definition) is 8.